The van der Waals surface area contributed by atoms with Crippen LogP contribution in [0.15, 0.2) is 100 Å². The summed E-state index contributed by atoms with van der Waals surface area (Å²) in [6, 6.07) is 22.5. The molecule has 0 saturated carbocycles. The highest BCUT2D eigenvalue weighted by molar-refractivity contribution is 7.80. The number of thiocarbonyl (C=S) groups is 1. The van der Waals surface area contributed by atoms with Crippen molar-refractivity contribution >= 4 is 46.1 Å². The second-order valence-corrected chi connectivity index (χ2v) is 7.70. The van der Waals surface area contributed by atoms with Gasteiger partial charge < -0.3 is 14.2 Å². The predicted molar refractivity (Wildman–Crippen MR) is 135 cm³/mol. The Labute approximate surface area is 200 Å². The zero-order chi connectivity index (χ0) is 23.3. The lowest BCUT2D eigenvalue weighted by Gasteiger charge is -2.07. The summed E-state index contributed by atoms with van der Waals surface area (Å²) < 4.78 is 11.5. The van der Waals surface area contributed by atoms with Gasteiger partial charge in [0.2, 0.25) is 11.8 Å². The molecule has 0 atom stereocenters. The number of amides is 1. The third-order valence-electron chi connectivity index (χ3n) is 4.87. The van der Waals surface area contributed by atoms with Gasteiger partial charge in [-0.25, -0.2) is 4.98 Å². The fraction of sp³-hybridized carbons (Fsp3) is 0. The Bertz CT molecular complexity index is 1490. The topological polar surface area (TPSA) is 93.2 Å². The van der Waals surface area contributed by atoms with E-state index in [-0.39, 0.29) is 11.0 Å². The first-order valence-corrected chi connectivity index (χ1v) is 10.8. The molecule has 0 spiro atoms. The van der Waals surface area contributed by atoms with Crippen LogP contribution in [0.3, 0.4) is 0 Å². The number of carbonyl (C=O) groups is 1. The minimum atomic E-state index is -0.378. The lowest BCUT2D eigenvalue weighted by atomic mass is 10.2. The number of anilines is 1. The van der Waals surface area contributed by atoms with E-state index in [1.807, 2.05) is 48.5 Å². The molecule has 166 valence electrons. The van der Waals surface area contributed by atoms with Gasteiger partial charge in [-0.3, -0.25) is 15.1 Å². The van der Waals surface area contributed by atoms with Gasteiger partial charge in [-0.1, -0.05) is 30.3 Å². The van der Waals surface area contributed by atoms with Gasteiger partial charge >= 0.3 is 0 Å². The molecule has 3 heterocycles. The van der Waals surface area contributed by atoms with Gasteiger partial charge in [-0.15, -0.1) is 0 Å². The van der Waals surface area contributed by atoms with Crippen molar-refractivity contribution in [3.63, 3.8) is 0 Å². The summed E-state index contributed by atoms with van der Waals surface area (Å²) in [5.74, 6) is 1.40. The summed E-state index contributed by atoms with van der Waals surface area (Å²) in [5.41, 5.74) is 3.72. The van der Waals surface area contributed by atoms with Crippen LogP contribution >= 0.6 is 12.2 Å². The number of hydrogen-bond acceptors (Lipinski definition) is 6. The van der Waals surface area contributed by atoms with E-state index in [1.165, 1.54) is 6.08 Å². The molecule has 5 rings (SSSR count). The highest BCUT2D eigenvalue weighted by Crippen LogP contribution is 2.26. The Kier molecular flexibility index (Phi) is 5.96. The van der Waals surface area contributed by atoms with Gasteiger partial charge in [0.1, 0.15) is 17.0 Å². The van der Waals surface area contributed by atoms with E-state index in [1.54, 1.807) is 42.7 Å². The summed E-state index contributed by atoms with van der Waals surface area (Å²) >= 11 is 5.26. The Hall–Kier alpha value is -4.56. The maximum absolute atomic E-state index is 12.3. The zero-order valence-electron chi connectivity index (χ0n) is 17.8. The third-order valence-corrected chi connectivity index (χ3v) is 5.08. The molecule has 1 amide bonds. The molecule has 0 unspecified atom stereocenters. The number of fused-ring (bicyclic) bond motifs is 1. The predicted octanol–water partition coefficient (Wildman–Crippen LogP) is 5.68. The number of furan rings is 1. The van der Waals surface area contributed by atoms with Crippen molar-refractivity contribution in [3.8, 4) is 22.8 Å². The monoisotopic (exact) mass is 466 g/mol. The fourth-order valence-corrected chi connectivity index (χ4v) is 3.51. The molecule has 5 aromatic rings. The standard InChI is InChI=1S/C26H18N4O3S/c31-24(13-10-20-9-12-22(32-20)17-5-2-1-3-6-17)30-26(34)28-19-8-11-23-21(15-19)29-25(33-23)18-7-4-14-27-16-18/h1-16H,(H2,28,30,31,34)/b13-10+. The SMILES string of the molecule is O=C(/C=C/c1ccc(-c2ccccc2)o1)NC(=S)Nc1ccc2oc(-c3cccnc3)nc2c1. The Morgan fingerprint density at radius 1 is 0.941 bits per heavy atom. The molecule has 34 heavy (non-hydrogen) atoms. The van der Waals surface area contributed by atoms with Gasteiger partial charge in [0.25, 0.3) is 0 Å². The lowest BCUT2D eigenvalue weighted by Crippen LogP contribution is -2.32. The Morgan fingerprint density at radius 2 is 1.79 bits per heavy atom. The number of rotatable bonds is 5. The molecule has 0 aliphatic carbocycles. The smallest absolute Gasteiger partial charge is 0.250 e. The molecule has 2 N–H and O–H groups in total. The summed E-state index contributed by atoms with van der Waals surface area (Å²) in [6.45, 7) is 0. The van der Waals surface area contributed by atoms with Crippen molar-refractivity contribution in [1.29, 1.82) is 0 Å². The maximum atomic E-state index is 12.3. The zero-order valence-corrected chi connectivity index (χ0v) is 18.6. The van der Waals surface area contributed by atoms with Crippen molar-refractivity contribution in [2.24, 2.45) is 0 Å². The number of oxazole rings is 1. The Morgan fingerprint density at radius 3 is 2.62 bits per heavy atom. The molecule has 8 heteroatoms. The van der Waals surface area contributed by atoms with E-state index in [0.717, 1.165) is 16.9 Å². The van der Waals surface area contributed by atoms with E-state index in [2.05, 4.69) is 20.6 Å². The first-order valence-electron chi connectivity index (χ1n) is 10.4. The molecule has 0 aliphatic rings. The Balaban J connectivity index is 1.20. The van der Waals surface area contributed by atoms with E-state index in [4.69, 9.17) is 21.1 Å². The summed E-state index contributed by atoms with van der Waals surface area (Å²) in [7, 11) is 0. The van der Waals surface area contributed by atoms with E-state index >= 15 is 0 Å². The van der Waals surface area contributed by atoms with Gasteiger partial charge in [0.15, 0.2) is 10.7 Å². The molecule has 7 nitrogen and oxygen atoms in total. The summed E-state index contributed by atoms with van der Waals surface area (Å²) in [6.07, 6.45) is 6.33. The highest BCUT2D eigenvalue weighted by atomic mass is 32.1. The summed E-state index contributed by atoms with van der Waals surface area (Å²) in [4.78, 5) is 20.8. The number of nitrogens with zero attached hydrogens (tertiary/aromatic N) is 2. The second-order valence-electron chi connectivity index (χ2n) is 7.29. The van der Waals surface area contributed by atoms with Crippen LogP contribution in [0, 0.1) is 0 Å². The number of carbonyl (C=O) groups excluding carboxylic acids is 1. The molecular formula is C26H18N4O3S. The minimum absolute atomic E-state index is 0.161. The average molecular weight is 467 g/mol. The highest BCUT2D eigenvalue weighted by Gasteiger charge is 2.10. The van der Waals surface area contributed by atoms with Gasteiger partial charge in [0.05, 0.1) is 5.56 Å². The van der Waals surface area contributed by atoms with Gasteiger partial charge in [0, 0.05) is 29.7 Å². The molecule has 0 aliphatic heterocycles. The van der Waals surface area contributed by atoms with Crippen molar-refractivity contribution in [2.45, 2.75) is 0 Å². The van der Waals surface area contributed by atoms with Gasteiger partial charge in [-0.05, 0) is 60.8 Å². The molecule has 0 fully saturated rings. The van der Waals surface area contributed by atoms with Crippen LogP contribution in [0.4, 0.5) is 5.69 Å². The van der Waals surface area contributed by atoms with Crippen LogP contribution in [0.25, 0.3) is 40.0 Å². The van der Waals surface area contributed by atoms with Crippen molar-refractivity contribution in [3.05, 3.63) is 97.0 Å². The molecule has 0 saturated heterocycles. The van der Waals surface area contributed by atoms with Crippen LogP contribution in [0.1, 0.15) is 5.76 Å². The lowest BCUT2D eigenvalue weighted by molar-refractivity contribution is -0.115. The molecule has 0 bridgehead atoms. The van der Waals surface area contributed by atoms with Crippen LogP contribution in [-0.4, -0.2) is 21.0 Å². The van der Waals surface area contributed by atoms with E-state index in [0.29, 0.717) is 28.4 Å². The normalized spacial score (nSPS) is 11.1. The van der Waals surface area contributed by atoms with Crippen LogP contribution < -0.4 is 10.6 Å². The number of aromatic nitrogens is 2. The average Bonchev–Trinajstić information content (AvgIpc) is 3.51. The van der Waals surface area contributed by atoms with Crippen LogP contribution in [0.2, 0.25) is 0 Å². The molecule has 2 aromatic carbocycles. The molecule has 3 aromatic heterocycles. The number of benzene rings is 2. The minimum Gasteiger partial charge on any atom is -0.457 e. The second kappa shape index (κ2) is 9.51. The fourth-order valence-electron chi connectivity index (χ4n) is 3.29. The number of pyridine rings is 1. The van der Waals surface area contributed by atoms with Crippen molar-refractivity contribution in [1.82, 2.24) is 15.3 Å². The van der Waals surface area contributed by atoms with Crippen LogP contribution in [0.5, 0.6) is 0 Å². The molecular weight excluding hydrogens is 448 g/mol. The maximum Gasteiger partial charge on any atom is 0.250 e. The van der Waals surface area contributed by atoms with Crippen LogP contribution in [-0.2, 0) is 4.79 Å². The van der Waals surface area contributed by atoms with Crippen molar-refractivity contribution < 1.29 is 13.6 Å². The largest absolute Gasteiger partial charge is 0.457 e. The molecule has 0 radical (unpaired) electrons. The van der Waals surface area contributed by atoms with E-state index < -0.39 is 0 Å². The quantitative estimate of drug-likeness (QED) is 0.254. The van der Waals surface area contributed by atoms with Gasteiger partial charge in [-0.2, -0.15) is 0 Å². The van der Waals surface area contributed by atoms with E-state index in [9.17, 15) is 4.79 Å². The third kappa shape index (κ3) is 4.92. The number of hydrogen-bond donors (Lipinski definition) is 2. The first kappa shape index (κ1) is 21.3. The number of nitrogens with one attached hydrogen (secondary N) is 2. The van der Waals surface area contributed by atoms with Crippen molar-refractivity contribution in [2.75, 3.05) is 5.32 Å². The summed E-state index contributed by atoms with van der Waals surface area (Å²) in [5, 5.41) is 5.76. The first-order chi connectivity index (χ1) is 16.6.